The molecular weight excluding hydrogens is 496 g/mol. The van der Waals surface area contributed by atoms with Crippen LogP contribution < -0.4 is 15.0 Å². The Balaban J connectivity index is 1.41. The van der Waals surface area contributed by atoms with E-state index in [9.17, 15) is 22.4 Å². The highest BCUT2D eigenvalue weighted by Gasteiger charge is 2.74. The van der Waals surface area contributed by atoms with Crippen LogP contribution in [0.1, 0.15) is 12.0 Å². The minimum Gasteiger partial charge on any atom is -0.475 e. The number of rotatable bonds is 6. The largest absolute Gasteiger partial charge is 0.475 e. The fourth-order valence-corrected chi connectivity index (χ4v) is 5.18. The van der Waals surface area contributed by atoms with Crippen LogP contribution in [-0.2, 0) is 4.74 Å². The van der Waals surface area contributed by atoms with Gasteiger partial charge in [0.25, 0.3) is 0 Å². The molecule has 200 valence electrons. The molecule has 0 unspecified atom stereocenters. The van der Waals surface area contributed by atoms with Gasteiger partial charge in [0.1, 0.15) is 18.2 Å². The zero-order valence-corrected chi connectivity index (χ0v) is 20.3. The number of carbonyl (C=O) groups is 1. The van der Waals surface area contributed by atoms with Gasteiger partial charge in [-0.2, -0.15) is 18.2 Å². The number of carbonyl (C=O) groups excluding carboxylic acids is 1. The summed E-state index contributed by atoms with van der Waals surface area (Å²) in [6, 6.07) is 5.45. The van der Waals surface area contributed by atoms with Crippen LogP contribution in [0.3, 0.4) is 0 Å². The smallest absolute Gasteiger partial charge is 0.396 e. The summed E-state index contributed by atoms with van der Waals surface area (Å²) in [5, 5.41) is 11.6. The second-order valence-electron chi connectivity index (χ2n) is 9.74. The molecule has 2 aromatic rings. The van der Waals surface area contributed by atoms with Crippen LogP contribution in [-0.4, -0.2) is 79.8 Å². The zero-order chi connectivity index (χ0) is 26.4. The molecule has 1 aromatic heterocycles. The van der Waals surface area contributed by atoms with Crippen molar-refractivity contribution in [2.45, 2.75) is 19.5 Å². The second kappa shape index (κ2) is 9.64. The Kier molecular flexibility index (Phi) is 6.65. The number of aliphatic hydroxyl groups is 1. The van der Waals surface area contributed by atoms with Gasteiger partial charge in [0.15, 0.2) is 0 Å². The Morgan fingerprint density at radius 3 is 2.70 bits per heavy atom. The molecule has 0 radical (unpaired) electrons. The highest BCUT2D eigenvalue weighted by molar-refractivity contribution is 5.91. The highest BCUT2D eigenvalue weighted by Crippen LogP contribution is 2.66. The van der Waals surface area contributed by atoms with Crippen molar-refractivity contribution in [3.8, 4) is 17.0 Å². The normalized spacial score (nSPS) is 23.1. The van der Waals surface area contributed by atoms with E-state index in [0.29, 0.717) is 48.8 Å². The lowest BCUT2D eigenvalue weighted by Crippen LogP contribution is -2.39. The summed E-state index contributed by atoms with van der Waals surface area (Å²) in [4.78, 5) is 20.4. The molecule has 1 saturated carbocycles. The number of aromatic nitrogens is 1. The van der Waals surface area contributed by atoms with Gasteiger partial charge >= 0.3 is 12.2 Å². The molecule has 2 saturated heterocycles. The summed E-state index contributed by atoms with van der Waals surface area (Å²) >= 11 is 0. The van der Waals surface area contributed by atoms with E-state index in [0.717, 1.165) is 4.90 Å². The number of anilines is 2. The first kappa shape index (κ1) is 25.5. The van der Waals surface area contributed by atoms with E-state index in [1.807, 2.05) is 11.0 Å². The molecule has 1 aromatic carbocycles. The van der Waals surface area contributed by atoms with Gasteiger partial charge in [-0.15, -0.1) is 0 Å². The molecule has 3 aliphatic rings. The summed E-state index contributed by atoms with van der Waals surface area (Å²) in [7, 11) is 0. The molecule has 5 rings (SSSR count). The Morgan fingerprint density at radius 2 is 2.03 bits per heavy atom. The minimum atomic E-state index is -4.37. The Morgan fingerprint density at radius 1 is 1.27 bits per heavy atom. The van der Waals surface area contributed by atoms with Crippen LogP contribution in [0.25, 0.3) is 11.1 Å². The fourth-order valence-electron chi connectivity index (χ4n) is 5.18. The van der Waals surface area contributed by atoms with Crippen molar-refractivity contribution in [3.63, 3.8) is 0 Å². The summed E-state index contributed by atoms with van der Waals surface area (Å²) in [5.74, 6) is -0.402. The van der Waals surface area contributed by atoms with Crippen LogP contribution in [0, 0.1) is 24.1 Å². The first-order valence-electron chi connectivity index (χ1n) is 12.1. The summed E-state index contributed by atoms with van der Waals surface area (Å²) in [6.45, 7) is 3.45. The van der Waals surface area contributed by atoms with Crippen LogP contribution in [0.2, 0.25) is 0 Å². The van der Waals surface area contributed by atoms with Crippen molar-refractivity contribution in [1.82, 2.24) is 9.88 Å². The number of halogens is 4. The third kappa shape index (κ3) is 4.91. The number of ether oxygens (including phenoxy) is 2. The van der Waals surface area contributed by atoms with Gasteiger partial charge in [-0.25, -0.2) is 9.18 Å². The molecule has 0 spiro atoms. The van der Waals surface area contributed by atoms with E-state index in [-0.39, 0.29) is 37.7 Å². The third-order valence-electron chi connectivity index (χ3n) is 7.33. The maximum absolute atomic E-state index is 14.9. The van der Waals surface area contributed by atoms with Gasteiger partial charge in [0.05, 0.1) is 30.9 Å². The number of morpholine rings is 1. The Labute approximate surface area is 211 Å². The quantitative estimate of drug-likeness (QED) is 0.559. The van der Waals surface area contributed by atoms with Crippen molar-refractivity contribution in [3.05, 3.63) is 35.6 Å². The predicted octanol–water partition coefficient (Wildman–Crippen LogP) is 3.82. The lowest BCUT2D eigenvalue weighted by Gasteiger charge is -2.28. The standard InChI is InChI=1S/C25H28F4N4O4/c1-15-8-19(26)20(30-23(35)33-13-17-12-24(17,14-33)25(27,28)29)11-18(15)16-9-21(32-2-5-36-6-3-32)31-22(10-16)37-7-4-34/h8-11,17,34H,2-7,12-14H2,1H3,(H,30,35)/t17-,24-/m0/s1. The highest BCUT2D eigenvalue weighted by atomic mass is 19.4. The topological polar surface area (TPSA) is 87.2 Å². The molecule has 8 nitrogen and oxygen atoms in total. The van der Waals surface area contributed by atoms with E-state index >= 15 is 0 Å². The SMILES string of the molecule is Cc1cc(F)c(NC(=O)N2C[C@@H]3C[C@]3(C(F)(F)F)C2)cc1-c1cc(OCCO)nc(N2CCOCC2)c1. The van der Waals surface area contributed by atoms with Crippen molar-refractivity contribution < 1.29 is 36.9 Å². The lowest BCUT2D eigenvalue weighted by molar-refractivity contribution is -0.187. The van der Waals surface area contributed by atoms with Gasteiger partial charge in [0.2, 0.25) is 5.88 Å². The van der Waals surface area contributed by atoms with E-state index in [2.05, 4.69) is 10.3 Å². The Bertz CT molecular complexity index is 1190. The molecule has 3 heterocycles. The monoisotopic (exact) mass is 524 g/mol. The Hall–Kier alpha value is -3.12. The van der Waals surface area contributed by atoms with E-state index in [1.165, 1.54) is 12.1 Å². The number of likely N-dealkylation sites (tertiary alicyclic amines) is 1. The van der Waals surface area contributed by atoms with Gasteiger partial charge in [-0.1, -0.05) is 0 Å². The van der Waals surface area contributed by atoms with E-state index in [4.69, 9.17) is 14.6 Å². The van der Waals surface area contributed by atoms with Crippen molar-refractivity contribution in [2.75, 3.05) is 62.8 Å². The molecule has 37 heavy (non-hydrogen) atoms. The lowest BCUT2D eigenvalue weighted by atomic mass is 10.00. The first-order chi connectivity index (χ1) is 17.6. The average Bonchev–Trinajstić information content (AvgIpc) is 3.45. The van der Waals surface area contributed by atoms with E-state index in [1.54, 1.807) is 13.0 Å². The van der Waals surface area contributed by atoms with Gasteiger partial charge in [0, 0.05) is 32.2 Å². The predicted molar refractivity (Wildman–Crippen MR) is 127 cm³/mol. The molecular formula is C25H28F4N4O4. The summed E-state index contributed by atoms with van der Waals surface area (Å²) in [5.41, 5.74) is -0.135. The molecule has 3 fully saturated rings. The van der Waals surface area contributed by atoms with Crippen molar-refractivity contribution in [2.24, 2.45) is 11.3 Å². The zero-order valence-electron chi connectivity index (χ0n) is 20.3. The number of nitrogens with one attached hydrogen (secondary N) is 1. The summed E-state index contributed by atoms with van der Waals surface area (Å²) < 4.78 is 66.1. The molecule has 1 aliphatic carbocycles. The number of alkyl halides is 3. The number of hydrogen-bond donors (Lipinski definition) is 2. The number of pyridine rings is 1. The number of piperidine rings is 1. The molecule has 0 bridgehead atoms. The molecule has 12 heteroatoms. The van der Waals surface area contributed by atoms with E-state index < -0.39 is 35.9 Å². The van der Waals surface area contributed by atoms with Gasteiger partial charge in [-0.3, -0.25) is 0 Å². The second-order valence-corrected chi connectivity index (χ2v) is 9.74. The minimum absolute atomic E-state index is 0.00942. The molecule has 2 aliphatic heterocycles. The number of fused-ring (bicyclic) bond motifs is 1. The number of hydrogen-bond acceptors (Lipinski definition) is 6. The van der Waals surface area contributed by atoms with Crippen LogP contribution in [0.4, 0.5) is 33.9 Å². The number of urea groups is 1. The van der Waals surface area contributed by atoms with Crippen molar-refractivity contribution >= 4 is 17.5 Å². The number of amides is 2. The van der Waals surface area contributed by atoms with Gasteiger partial charge in [-0.05, 0) is 54.2 Å². The number of aliphatic hydroxyl groups excluding tert-OH is 1. The number of aryl methyl sites for hydroxylation is 1. The van der Waals surface area contributed by atoms with Crippen molar-refractivity contribution in [1.29, 1.82) is 0 Å². The van der Waals surface area contributed by atoms with Gasteiger partial charge < -0.3 is 29.7 Å². The fraction of sp³-hybridized carbons (Fsp3) is 0.520. The molecule has 2 amide bonds. The maximum Gasteiger partial charge on any atom is 0.396 e. The van der Waals surface area contributed by atoms with Crippen LogP contribution in [0.5, 0.6) is 5.88 Å². The number of benzene rings is 1. The molecule has 2 atom stereocenters. The number of nitrogens with zero attached hydrogens (tertiary/aromatic N) is 3. The molecule has 2 N–H and O–H groups in total. The van der Waals surface area contributed by atoms with Crippen LogP contribution in [0.15, 0.2) is 24.3 Å². The first-order valence-corrected chi connectivity index (χ1v) is 12.1. The third-order valence-corrected chi connectivity index (χ3v) is 7.33. The average molecular weight is 525 g/mol. The maximum atomic E-state index is 14.9. The van der Waals surface area contributed by atoms with Crippen LogP contribution >= 0.6 is 0 Å². The summed E-state index contributed by atoms with van der Waals surface area (Å²) in [6.07, 6.45) is -4.35.